The minimum absolute atomic E-state index is 0.228. The second-order valence-electron chi connectivity index (χ2n) is 4.39. The summed E-state index contributed by atoms with van der Waals surface area (Å²) in [6.07, 6.45) is 0. The molecule has 0 heterocycles. The Hall–Kier alpha value is -2.35. The second kappa shape index (κ2) is 5.11. The molecule has 0 amide bonds. The largest absolute Gasteiger partial charge is 0.488 e. The molecule has 0 fully saturated rings. The highest BCUT2D eigenvalue weighted by molar-refractivity contribution is 5.88. The van der Waals surface area contributed by atoms with Gasteiger partial charge in [0.15, 0.2) is 0 Å². The van der Waals surface area contributed by atoms with Gasteiger partial charge >= 0.3 is 0 Å². The monoisotopic (exact) mass is 252 g/mol. The molecule has 1 nitrogen and oxygen atoms in total. The maximum absolute atomic E-state index is 12.8. The van der Waals surface area contributed by atoms with Gasteiger partial charge in [-0.25, -0.2) is 4.39 Å². The molecule has 0 N–H and O–H groups in total. The van der Waals surface area contributed by atoms with Crippen LogP contribution in [0.2, 0.25) is 0 Å². The van der Waals surface area contributed by atoms with Gasteiger partial charge in [-0.2, -0.15) is 0 Å². The van der Waals surface area contributed by atoms with Crippen molar-refractivity contribution in [1.82, 2.24) is 0 Å². The number of benzene rings is 3. The van der Waals surface area contributed by atoms with Crippen LogP contribution in [0, 0.1) is 5.82 Å². The van der Waals surface area contributed by atoms with Gasteiger partial charge in [-0.15, -0.1) is 0 Å². The second-order valence-corrected chi connectivity index (χ2v) is 4.39. The van der Waals surface area contributed by atoms with Gasteiger partial charge in [-0.05, 0) is 29.1 Å². The first kappa shape index (κ1) is 11.7. The first-order valence-electron chi connectivity index (χ1n) is 6.18. The van der Waals surface area contributed by atoms with Crippen molar-refractivity contribution < 1.29 is 9.13 Å². The van der Waals surface area contributed by atoms with Crippen LogP contribution in [0.15, 0.2) is 66.7 Å². The lowest BCUT2D eigenvalue weighted by Gasteiger charge is -2.09. The number of ether oxygens (including phenoxy) is 1. The number of rotatable bonds is 3. The van der Waals surface area contributed by atoms with E-state index in [2.05, 4.69) is 12.1 Å². The van der Waals surface area contributed by atoms with Crippen LogP contribution in [0.4, 0.5) is 4.39 Å². The number of hydrogen-bond acceptors (Lipinski definition) is 1. The molecule has 0 aliphatic rings. The molecule has 3 aromatic carbocycles. The Morgan fingerprint density at radius 3 is 2.37 bits per heavy atom. The summed E-state index contributed by atoms with van der Waals surface area (Å²) >= 11 is 0. The Bertz CT molecular complexity index is 684. The molecule has 94 valence electrons. The molecule has 3 rings (SSSR count). The van der Waals surface area contributed by atoms with Crippen molar-refractivity contribution in [3.63, 3.8) is 0 Å². The highest BCUT2D eigenvalue weighted by atomic mass is 19.1. The van der Waals surface area contributed by atoms with Crippen LogP contribution < -0.4 is 4.74 Å². The van der Waals surface area contributed by atoms with Crippen LogP contribution in [0.1, 0.15) is 5.56 Å². The van der Waals surface area contributed by atoms with Crippen molar-refractivity contribution in [2.24, 2.45) is 0 Å². The summed E-state index contributed by atoms with van der Waals surface area (Å²) in [7, 11) is 0. The van der Waals surface area contributed by atoms with Crippen LogP contribution >= 0.6 is 0 Å². The highest BCUT2D eigenvalue weighted by Crippen LogP contribution is 2.25. The molecule has 0 saturated heterocycles. The highest BCUT2D eigenvalue weighted by Gasteiger charge is 2.01. The van der Waals surface area contributed by atoms with Gasteiger partial charge < -0.3 is 4.74 Å². The smallest absolute Gasteiger partial charge is 0.127 e. The maximum atomic E-state index is 12.8. The van der Waals surface area contributed by atoms with Gasteiger partial charge in [0.05, 0.1) is 0 Å². The fraction of sp³-hybridized carbons (Fsp3) is 0.0588. The molecule has 0 spiro atoms. The van der Waals surface area contributed by atoms with E-state index in [1.165, 1.54) is 12.1 Å². The van der Waals surface area contributed by atoms with E-state index in [4.69, 9.17) is 4.74 Å². The molecule has 0 aromatic heterocycles. The zero-order valence-corrected chi connectivity index (χ0v) is 10.3. The predicted molar refractivity (Wildman–Crippen MR) is 74.7 cm³/mol. The molecule has 0 atom stereocenters. The van der Waals surface area contributed by atoms with Gasteiger partial charge in [-0.3, -0.25) is 0 Å². The normalized spacial score (nSPS) is 10.6. The molecular formula is C17H13FO. The van der Waals surface area contributed by atoms with Gasteiger partial charge in [0, 0.05) is 5.39 Å². The Balaban J connectivity index is 1.84. The average Bonchev–Trinajstić information content (AvgIpc) is 2.47. The first-order chi connectivity index (χ1) is 9.33. The fourth-order valence-corrected chi connectivity index (χ4v) is 2.06. The van der Waals surface area contributed by atoms with Crippen molar-refractivity contribution in [2.75, 3.05) is 0 Å². The summed E-state index contributed by atoms with van der Waals surface area (Å²) in [6.45, 7) is 0.439. The number of hydrogen-bond donors (Lipinski definition) is 0. The summed E-state index contributed by atoms with van der Waals surface area (Å²) in [5.74, 6) is 0.622. The third-order valence-electron chi connectivity index (χ3n) is 3.06. The van der Waals surface area contributed by atoms with E-state index >= 15 is 0 Å². The van der Waals surface area contributed by atoms with Crippen LogP contribution in [0.25, 0.3) is 10.8 Å². The van der Waals surface area contributed by atoms with Crippen LogP contribution in [-0.4, -0.2) is 0 Å². The fourth-order valence-electron chi connectivity index (χ4n) is 2.06. The summed E-state index contributed by atoms with van der Waals surface area (Å²) in [4.78, 5) is 0. The van der Waals surface area contributed by atoms with E-state index in [1.54, 1.807) is 12.1 Å². The predicted octanol–water partition coefficient (Wildman–Crippen LogP) is 4.56. The van der Waals surface area contributed by atoms with E-state index in [9.17, 15) is 4.39 Å². The quantitative estimate of drug-likeness (QED) is 0.664. The summed E-state index contributed by atoms with van der Waals surface area (Å²) in [5.41, 5.74) is 0.953. The van der Waals surface area contributed by atoms with Gasteiger partial charge in [0.2, 0.25) is 0 Å². The van der Waals surface area contributed by atoms with Crippen molar-refractivity contribution in [3.8, 4) is 5.75 Å². The average molecular weight is 252 g/mol. The third-order valence-corrected chi connectivity index (χ3v) is 3.06. The Kier molecular flexibility index (Phi) is 3.15. The molecule has 3 aromatic rings. The molecular weight excluding hydrogens is 239 g/mol. The lowest BCUT2D eigenvalue weighted by atomic mass is 10.1. The molecule has 0 unspecified atom stereocenters. The molecule has 19 heavy (non-hydrogen) atoms. The van der Waals surface area contributed by atoms with Gasteiger partial charge in [-0.1, -0.05) is 48.5 Å². The molecule has 2 heteroatoms. The summed E-state index contributed by atoms with van der Waals surface area (Å²) < 4.78 is 18.6. The van der Waals surface area contributed by atoms with Crippen molar-refractivity contribution in [2.45, 2.75) is 6.61 Å². The van der Waals surface area contributed by atoms with Gasteiger partial charge in [0.1, 0.15) is 18.2 Å². The topological polar surface area (TPSA) is 9.23 Å². The Labute approximate surface area is 111 Å². The summed E-state index contributed by atoms with van der Waals surface area (Å²) in [5, 5.41) is 2.24. The Morgan fingerprint density at radius 1 is 0.789 bits per heavy atom. The molecule has 0 aliphatic heterocycles. The maximum Gasteiger partial charge on any atom is 0.127 e. The van der Waals surface area contributed by atoms with Crippen LogP contribution in [0.3, 0.4) is 0 Å². The zero-order chi connectivity index (χ0) is 13.1. The Morgan fingerprint density at radius 2 is 1.53 bits per heavy atom. The van der Waals surface area contributed by atoms with E-state index in [0.717, 1.165) is 22.1 Å². The third kappa shape index (κ3) is 2.58. The first-order valence-corrected chi connectivity index (χ1v) is 6.18. The van der Waals surface area contributed by atoms with E-state index in [1.807, 2.05) is 30.3 Å². The summed E-state index contributed by atoms with van der Waals surface area (Å²) in [6, 6.07) is 20.4. The molecule has 0 radical (unpaired) electrons. The van der Waals surface area contributed by atoms with Crippen molar-refractivity contribution >= 4 is 10.8 Å². The van der Waals surface area contributed by atoms with E-state index in [0.29, 0.717) is 6.61 Å². The van der Waals surface area contributed by atoms with Crippen molar-refractivity contribution in [1.29, 1.82) is 0 Å². The minimum Gasteiger partial charge on any atom is -0.488 e. The van der Waals surface area contributed by atoms with Crippen molar-refractivity contribution in [3.05, 3.63) is 78.1 Å². The SMILES string of the molecule is Fc1ccc(COc2cccc3ccccc23)cc1. The molecule has 0 aliphatic carbocycles. The van der Waals surface area contributed by atoms with E-state index in [-0.39, 0.29) is 5.82 Å². The molecule has 0 saturated carbocycles. The molecule has 0 bridgehead atoms. The minimum atomic E-state index is -0.228. The zero-order valence-electron chi connectivity index (χ0n) is 10.3. The van der Waals surface area contributed by atoms with Crippen LogP contribution in [-0.2, 0) is 6.61 Å². The van der Waals surface area contributed by atoms with E-state index < -0.39 is 0 Å². The van der Waals surface area contributed by atoms with Crippen LogP contribution in [0.5, 0.6) is 5.75 Å². The number of fused-ring (bicyclic) bond motifs is 1. The number of halogens is 1. The lowest BCUT2D eigenvalue weighted by molar-refractivity contribution is 0.310. The van der Waals surface area contributed by atoms with Gasteiger partial charge in [0.25, 0.3) is 0 Å². The lowest BCUT2D eigenvalue weighted by Crippen LogP contribution is -1.96. The standard InChI is InChI=1S/C17H13FO/c18-15-10-8-13(9-11-15)12-19-17-7-3-5-14-4-1-2-6-16(14)17/h1-11H,12H2.